The molecule has 1 aromatic rings. The van der Waals surface area contributed by atoms with Crippen LogP contribution in [0.3, 0.4) is 0 Å². The normalized spacial score (nSPS) is 25.3. The van der Waals surface area contributed by atoms with Crippen LogP contribution in [-0.4, -0.2) is 24.5 Å². The van der Waals surface area contributed by atoms with Gasteiger partial charge in [0.1, 0.15) is 5.82 Å². The molecule has 100 valence electrons. The lowest BCUT2D eigenvalue weighted by molar-refractivity contribution is 0.0958. The van der Waals surface area contributed by atoms with E-state index >= 15 is 0 Å². The predicted octanol–water partition coefficient (Wildman–Crippen LogP) is 2.95. The van der Waals surface area contributed by atoms with E-state index in [4.69, 9.17) is 5.73 Å². The molecule has 0 amide bonds. The van der Waals surface area contributed by atoms with Gasteiger partial charge in [-0.15, -0.1) is 0 Å². The lowest BCUT2D eigenvalue weighted by atomic mass is 9.84. The van der Waals surface area contributed by atoms with Crippen molar-refractivity contribution in [1.82, 2.24) is 4.90 Å². The Bertz CT molecular complexity index is 379. The van der Waals surface area contributed by atoms with Crippen LogP contribution in [0.25, 0.3) is 0 Å². The van der Waals surface area contributed by atoms with E-state index in [0.29, 0.717) is 18.5 Å². The summed E-state index contributed by atoms with van der Waals surface area (Å²) in [5, 5.41) is 0. The molecule has 1 aliphatic heterocycles. The van der Waals surface area contributed by atoms with Crippen molar-refractivity contribution in [3.05, 3.63) is 35.6 Å². The van der Waals surface area contributed by atoms with E-state index in [-0.39, 0.29) is 5.82 Å². The number of rotatable bonds is 4. The first-order chi connectivity index (χ1) is 8.76. The van der Waals surface area contributed by atoms with Gasteiger partial charge < -0.3 is 5.73 Å². The van der Waals surface area contributed by atoms with Gasteiger partial charge in [-0.2, -0.15) is 0 Å². The molecule has 0 saturated carbocycles. The van der Waals surface area contributed by atoms with Crippen molar-refractivity contribution >= 4 is 0 Å². The second kappa shape index (κ2) is 6.30. The number of hydrogen-bond donors (Lipinski definition) is 1. The fraction of sp³-hybridized carbons (Fsp3) is 0.600. The highest BCUT2D eigenvalue weighted by Gasteiger charge is 2.31. The van der Waals surface area contributed by atoms with Gasteiger partial charge in [-0.1, -0.05) is 19.1 Å². The van der Waals surface area contributed by atoms with Crippen LogP contribution in [0.5, 0.6) is 0 Å². The van der Waals surface area contributed by atoms with Crippen LogP contribution in [0.4, 0.5) is 4.39 Å². The summed E-state index contributed by atoms with van der Waals surface area (Å²) in [4.78, 5) is 2.47. The number of piperidine rings is 1. The van der Waals surface area contributed by atoms with Gasteiger partial charge in [-0.25, -0.2) is 4.39 Å². The second-order valence-corrected chi connectivity index (χ2v) is 5.17. The third kappa shape index (κ3) is 2.90. The summed E-state index contributed by atoms with van der Waals surface area (Å²) in [6.45, 7) is 5.04. The highest BCUT2D eigenvalue weighted by Crippen LogP contribution is 2.35. The van der Waals surface area contributed by atoms with E-state index < -0.39 is 0 Å². The molecule has 2 N–H and O–H groups in total. The Hall–Kier alpha value is -0.930. The van der Waals surface area contributed by atoms with E-state index in [1.54, 1.807) is 12.1 Å². The first-order valence-corrected chi connectivity index (χ1v) is 6.95. The summed E-state index contributed by atoms with van der Waals surface area (Å²) in [5.41, 5.74) is 6.99. The van der Waals surface area contributed by atoms with Crippen molar-refractivity contribution in [2.75, 3.05) is 19.6 Å². The Morgan fingerprint density at radius 1 is 1.44 bits per heavy atom. The molecule has 0 radical (unpaired) electrons. The molecule has 0 aromatic heterocycles. The quantitative estimate of drug-likeness (QED) is 0.890. The molecule has 0 aliphatic carbocycles. The highest BCUT2D eigenvalue weighted by atomic mass is 19.1. The fourth-order valence-electron chi connectivity index (χ4n) is 3.11. The Kier molecular flexibility index (Phi) is 4.72. The van der Waals surface area contributed by atoms with Crippen LogP contribution in [0, 0.1) is 11.7 Å². The minimum atomic E-state index is -0.148. The first kappa shape index (κ1) is 13.5. The molecular formula is C15H23FN2. The third-order valence-corrected chi connectivity index (χ3v) is 3.86. The highest BCUT2D eigenvalue weighted by molar-refractivity contribution is 5.22. The Balaban J connectivity index is 2.27. The van der Waals surface area contributed by atoms with Crippen molar-refractivity contribution in [1.29, 1.82) is 0 Å². The Morgan fingerprint density at radius 2 is 2.28 bits per heavy atom. The second-order valence-electron chi connectivity index (χ2n) is 5.17. The number of likely N-dealkylation sites (tertiary alicyclic amines) is 1. The molecule has 0 bridgehead atoms. The minimum absolute atomic E-state index is 0.148. The van der Waals surface area contributed by atoms with E-state index in [1.807, 2.05) is 6.07 Å². The van der Waals surface area contributed by atoms with Crippen LogP contribution < -0.4 is 5.73 Å². The number of nitrogens with two attached hydrogens (primary N) is 1. The third-order valence-electron chi connectivity index (χ3n) is 3.86. The molecule has 1 aliphatic rings. The van der Waals surface area contributed by atoms with E-state index in [2.05, 4.69) is 11.8 Å². The summed E-state index contributed by atoms with van der Waals surface area (Å²) in [7, 11) is 0. The summed E-state index contributed by atoms with van der Waals surface area (Å²) in [6, 6.07) is 7.30. The van der Waals surface area contributed by atoms with Crippen molar-refractivity contribution in [3.63, 3.8) is 0 Å². The zero-order valence-electron chi connectivity index (χ0n) is 11.1. The molecule has 2 unspecified atom stereocenters. The SMILES string of the molecule is CCCN1CCCC(CN)C1c1cccc(F)c1. The number of halogens is 1. The van der Waals surface area contributed by atoms with Crippen LogP contribution >= 0.6 is 0 Å². The largest absolute Gasteiger partial charge is 0.330 e. The van der Waals surface area contributed by atoms with E-state index in [0.717, 1.165) is 31.5 Å². The molecular weight excluding hydrogens is 227 g/mol. The van der Waals surface area contributed by atoms with Gasteiger partial charge >= 0.3 is 0 Å². The maximum atomic E-state index is 13.4. The van der Waals surface area contributed by atoms with E-state index in [9.17, 15) is 4.39 Å². The van der Waals surface area contributed by atoms with Crippen LogP contribution in [0.2, 0.25) is 0 Å². The number of nitrogens with zero attached hydrogens (tertiary/aromatic N) is 1. The molecule has 18 heavy (non-hydrogen) atoms. The summed E-state index contributed by atoms with van der Waals surface area (Å²) < 4.78 is 13.4. The smallest absolute Gasteiger partial charge is 0.123 e. The minimum Gasteiger partial charge on any atom is -0.330 e. The fourth-order valence-corrected chi connectivity index (χ4v) is 3.11. The van der Waals surface area contributed by atoms with Gasteiger partial charge in [0.25, 0.3) is 0 Å². The average Bonchev–Trinajstić information content (AvgIpc) is 2.38. The summed E-state index contributed by atoms with van der Waals surface area (Å²) in [6.07, 6.45) is 3.48. The topological polar surface area (TPSA) is 29.3 Å². The first-order valence-electron chi connectivity index (χ1n) is 6.95. The number of benzene rings is 1. The van der Waals surface area contributed by atoms with Crippen molar-refractivity contribution in [2.24, 2.45) is 11.7 Å². The lowest BCUT2D eigenvalue weighted by Gasteiger charge is -2.41. The zero-order chi connectivity index (χ0) is 13.0. The van der Waals surface area contributed by atoms with Gasteiger partial charge in [0.05, 0.1) is 0 Å². The van der Waals surface area contributed by atoms with Gasteiger partial charge in [0.2, 0.25) is 0 Å². The molecule has 0 spiro atoms. The molecule has 2 nitrogen and oxygen atoms in total. The molecule has 1 aromatic carbocycles. The van der Waals surface area contributed by atoms with Gasteiger partial charge in [0, 0.05) is 6.04 Å². The molecule has 1 heterocycles. The lowest BCUT2D eigenvalue weighted by Crippen LogP contribution is -2.41. The van der Waals surface area contributed by atoms with Gasteiger partial charge in [-0.05, 0) is 62.5 Å². The molecule has 2 rings (SSSR count). The standard InChI is InChI=1S/C15H23FN2/c1-2-8-18-9-4-6-13(11-17)15(18)12-5-3-7-14(16)10-12/h3,5,7,10,13,15H,2,4,6,8-9,11,17H2,1H3. The maximum absolute atomic E-state index is 13.4. The molecule has 2 atom stereocenters. The molecule has 3 heteroatoms. The monoisotopic (exact) mass is 250 g/mol. The van der Waals surface area contributed by atoms with Crippen LogP contribution in [0.15, 0.2) is 24.3 Å². The van der Waals surface area contributed by atoms with Crippen molar-refractivity contribution in [3.8, 4) is 0 Å². The van der Waals surface area contributed by atoms with E-state index in [1.165, 1.54) is 12.5 Å². The van der Waals surface area contributed by atoms with Crippen molar-refractivity contribution < 1.29 is 4.39 Å². The molecule has 1 saturated heterocycles. The zero-order valence-corrected chi connectivity index (χ0v) is 11.1. The molecule has 1 fully saturated rings. The van der Waals surface area contributed by atoms with Gasteiger partial charge in [0.15, 0.2) is 0 Å². The van der Waals surface area contributed by atoms with Gasteiger partial charge in [-0.3, -0.25) is 4.90 Å². The summed E-state index contributed by atoms with van der Waals surface area (Å²) >= 11 is 0. The Morgan fingerprint density at radius 3 is 2.94 bits per heavy atom. The average molecular weight is 250 g/mol. The maximum Gasteiger partial charge on any atom is 0.123 e. The number of hydrogen-bond acceptors (Lipinski definition) is 2. The van der Waals surface area contributed by atoms with Crippen molar-refractivity contribution in [2.45, 2.75) is 32.2 Å². The van der Waals surface area contributed by atoms with Crippen LogP contribution in [-0.2, 0) is 0 Å². The predicted molar refractivity (Wildman–Crippen MR) is 72.8 cm³/mol. The summed E-state index contributed by atoms with van der Waals surface area (Å²) in [5.74, 6) is 0.303. The van der Waals surface area contributed by atoms with Crippen LogP contribution in [0.1, 0.15) is 37.8 Å². The Labute approximate surface area is 109 Å².